The SMILES string of the molecule is Cc1cccn2c(NCC(=O)NO)c(CCC(F)(F)F)nc12. The third-order valence-electron chi connectivity index (χ3n) is 3.10. The zero-order valence-electron chi connectivity index (χ0n) is 11.7. The molecule has 1 amide bonds. The molecular formula is C13H15F3N4O2. The van der Waals surface area contributed by atoms with Gasteiger partial charge in [0.25, 0.3) is 5.91 Å². The summed E-state index contributed by atoms with van der Waals surface area (Å²) in [5, 5.41) is 11.2. The van der Waals surface area contributed by atoms with E-state index in [0.717, 1.165) is 5.56 Å². The summed E-state index contributed by atoms with van der Waals surface area (Å²) < 4.78 is 38.9. The second-order valence-corrected chi connectivity index (χ2v) is 4.80. The number of rotatable bonds is 5. The summed E-state index contributed by atoms with van der Waals surface area (Å²) in [6, 6.07) is 3.52. The van der Waals surface area contributed by atoms with Gasteiger partial charge in [0.15, 0.2) is 0 Å². The fraction of sp³-hybridized carbons (Fsp3) is 0.385. The van der Waals surface area contributed by atoms with Gasteiger partial charge >= 0.3 is 6.18 Å². The number of amides is 1. The highest BCUT2D eigenvalue weighted by atomic mass is 19.4. The van der Waals surface area contributed by atoms with Crippen molar-refractivity contribution in [2.75, 3.05) is 11.9 Å². The number of aromatic nitrogens is 2. The second-order valence-electron chi connectivity index (χ2n) is 4.80. The Kier molecular flexibility index (Phi) is 4.55. The van der Waals surface area contributed by atoms with Crippen LogP contribution in [-0.2, 0) is 11.2 Å². The van der Waals surface area contributed by atoms with E-state index in [-0.39, 0.29) is 18.7 Å². The van der Waals surface area contributed by atoms with Crippen LogP contribution in [0.15, 0.2) is 18.3 Å². The molecule has 0 unspecified atom stereocenters. The number of pyridine rings is 1. The van der Waals surface area contributed by atoms with E-state index in [1.54, 1.807) is 29.7 Å². The van der Waals surface area contributed by atoms with Crippen LogP contribution in [0.1, 0.15) is 17.7 Å². The first-order chi connectivity index (χ1) is 10.3. The standard InChI is InChI=1S/C13H15F3N4O2/c1-8-3-2-6-20-11(8)18-9(4-5-13(14,15)16)12(20)17-7-10(21)19-22/h2-3,6,17,22H,4-5,7H2,1H3,(H,19,21). The van der Waals surface area contributed by atoms with Crippen LogP contribution in [0.5, 0.6) is 0 Å². The lowest BCUT2D eigenvalue weighted by Crippen LogP contribution is -2.27. The highest BCUT2D eigenvalue weighted by molar-refractivity contribution is 5.79. The molecule has 0 spiro atoms. The molecule has 3 N–H and O–H groups in total. The van der Waals surface area contributed by atoms with Crippen molar-refractivity contribution in [2.45, 2.75) is 25.9 Å². The monoisotopic (exact) mass is 316 g/mol. The number of carbonyl (C=O) groups is 1. The lowest BCUT2D eigenvalue weighted by atomic mass is 10.2. The second kappa shape index (κ2) is 6.22. The topological polar surface area (TPSA) is 78.7 Å². The zero-order chi connectivity index (χ0) is 16.3. The number of halogens is 3. The molecule has 6 nitrogen and oxygen atoms in total. The highest BCUT2D eigenvalue weighted by Gasteiger charge is 2.28. The van der Waals surface area contributed by atoms with Gasteiger partial charge in [-0.3, -0.25) is 14.4 Å². The summed E-state index contributed by atoms with van der Waals surface area (Å²) >= 11 is 0. The minimum absolute atomic E-state index is 0.220. The molecule has 2 heterocycles. The van der Waals surface area contributed by atoms with Crippen molar-refractivity contribution in [3.63, 3.8) is 0 Å². The average molecular weight is 316 g/mol. The number of imidazole rings is 1. The number of hydrogen-bond acceptors (Lipinski definition) is 4. The normalized spacial score (nSPS) is 11.7. The van der Waals surface area contributed by atoms with Gasteiger partial charge in [-0.05, 0) is 18.6 Å². The molecule has 120 valence electrons. The third kappa shape index (κ3) is 3.67. The molecular weight excluding hydrogens is 301 g/mol. The Morgan fingerprint density at radius 2 is 2.18 bits per heavy atom. The lowest BCUT2D eigenvalue weighted by Gasteiger charge is -2.09. The highest BCUT2D eigenvalue weighted by Crippen LogP contribution is 2.26. The van der Waals surface area contributed by atoms with Crippen molar-refractivity contribution in [2.24, 2.45) is 0 Å². The van der Waals surface area contributed by atoms with Crippen molar-refractivity contribution in [1.82, 2.24) is 14.9 Å². The van der Waals surface area contributed by atoms with Gasteiger partial charge in [-0.2, -0.15) is 13.2 Å². The van der Waals surface area contributed by atoms with Crippen LogP contribution in [0.4, 0.5) is 19.0 Å². The Labute approximate surface area is 123 Å². The van der Waals surface area contributed by atoms with Crippen molar-refractivity contribution >= 4 is 17.4 Å². The molecule has 0 aliphatic carbocycles. The molecule has 0 bridgehead atoms. The van der Waals surface area contributed by atoms with Crippen molar-refractivity contribution in [1.29, 1.82) is 0 Å². The van der Waals surface area contributed by atoms with Crippen LogP contribution < -0.4 is 10.8 Å². The molecule has 0 aliphatic rings. The molecule has 2 rings (SSSR count). The molecule has 0 aliphatic heterocycles. The predicted molar refractivity (Wildman–Crippen MR) is 72.7 cm³/mol. The number of nitrogens with one attached hydrogen (secondary N) is 2. The van der Waals surface area contributed by atoms with Crippen LogP contribution in [0.2, 0.25) is 0 Å². The van der Waals surface area contributed by atoms with Crippen molar-refractivity contribution < 1.29 is 23.2 Å². The first kappa shape index (κ1) is 16.1. The number of nitrogens with zero attached hydrogens (tertiary/aromatic N) is 2. The number of carbonyl (C=O) groups excluding carboxylic acids is 1. The van der Waals surface area contributed by atoms with Crippen molar-refractivity contribution in [3.8, 4) is 0 Å². The van der Waals surface area contributed by atoms with Gasteiger partial charge in [0.1, 0.15) is 11.5 Å². The van der Waals surface area contributed by atoms with E-state index < -0.39 is 18.5 Å². The van der Waals surface area contributed by atoms with E-state index in [1.165, 1.54) is 5.48 Å². The first-order valence-electron chi connectivity index (χ1n) is 6.52. The maximum absolute atomic E-state index is 12.4. The van der Waals surface area contributed by atoms with Crippen molar-refractivity contribution in [3.05, 3.63) is 29.6 Å². The summed E-state index contributed by atoms with van der Waals surface area (Å²) in [6.45, 7) is 1.51. The molecule has 2 aromatic heterocycles. The molecule has 9 heteroatoms. The Morgan fingerprint density at radius 3 is 2.82 bits per heavy atom. The summed E-state index contributed by atoms with van der Waals surface area (Å²) in [4.78, 5) is 15.3. The van der Waals surface area contributed by atoms with Gasteiger partial charge in [-0.1, -0.05) is 6.07 Å². The van der Waals surface area contributed by atoms with E-state index in [0.29, 0.717) is 11.5 Å². The minimum atomic E-state index is -4.29. The molecule has 0 atom stereocenters. The largest absolute Gasteiger partial charge is 0.389 e. The molecule has 0 radical (unpaired) electrons. The predicted octanol–water partition coefficient (Wildman–Crippen LogP) is 2.05. The number of fused-ring (bicyclic) bond motifs is 1. The molecule has 0 saturated carbocycles. The lowest BCUT2D eigenvalue weighted by molar-refractivity contribution is -0.134. The fourth-order valence-corrected chi connectivity index (χ4v) is 2.08. The minimum Gasteiger partial charge on any atom is -0.360 e. The van der Waals surface area contributed by atoms with Gasteiger partial charge in [-0.15, -0.1) is 0 Å². The smallest absolute Gasteiger partial charge is 0.360 e. The van der Waals surface area contributed by atoms with E-state index >= 15 is 0 Å². The van der Waals surface area contributed by atoms with Crippen LogP contribution >= 0.6 is 0 Å². The van der Waals surface area contributed by atoms with Crippen LogP contribution in [0.3, 0.4) is 0 Å². The van der Waals surface area contributed by atoms with Gasteiger partial charge in [0.2, 0.25) is 0 Å². The number of alkyl halides is 3. The van der Waals surface area contributed by atoms with Gasteiger partial charge in [-0.25, -0.2) is 10.5 Å². The van der Waals surface area contributed by atoms with Gasteiger partial charge in [0.05, 0.1) is 12.2 Å². The third-order valence-corrected chi connectivity index (χ3v) is 3.10. The quantitative estimate of drug-likeness (QED) is 0.583. The Bertz CT molecular complexity index is 682. The van der Waals surface area contributed by atoms with Crippen LogP contribution in [0.25, 0.3) is 5.65 Å². The molecule has 0 fully saturated rings. The Hall–Kier alpha value is -2.29. The Morgan fingerprint density at radius 1 is 1.45 bits per heavy atom. The van der Waals surface area contributed by atoms with E-state index in [9.17, 15) is 18.0 Å². The zero-order valence-corrected chi connectivity index (χ0v) is 11.7. The molecule has 0 saturated heterocycles. The van der Waals surface area contributed by atoms with E-state index in [1.807, 2.05) is 0 Å². The summed E-state index contributed by atoms with van der Waals surface area (Å²) in [5.74, 6) is -0.393. The van der Waals surface area contributed by atoms with E-state index in [2.05, 4.69) is 10.3 Å². The molecule has 0 aromatic carbocycles. The number of anilines is 1. The summed E-state index contributed by atoms with van der Waals surface area (Å²) in [6.07, 6.45) is -3.94. The molecule has 22 heavy (non-hydrogen) atoms. The summed E-state index contributed by atoms with van der Waals surface area (Å²) in [5.41, 5.74) is 2.99. The first-order valence-corrected chi connectivity index (χ1v) is 6.52. The van der Waals surface area contributed by atoms with E-state index in [4.69, 9.17) is 5.21 Å². The van der Waals surface area contributed by atoms with Crippen LogP contribution in [-0.4, -0.2) is 33.2 Å². The maximum Gasteiger partial charge on any atom is 0.389 e. The van der Waals surface area contributed by atoms with Gasteiger partial charge in [0, 0.05) is 19.0 Å². The molecule has 2 aromatic rings. The fourth-order valence-electron chi connectivity index (χ4n) is 2.08. The maximum atomic E-state index is 12.4. The number of hydrogen-bond donors (Lipinski definition) is 3. The van der Waals surface area contributed by atoms with Crippen LogP contribution in [0, 0.1) is 6.92 Å². The number of aryl methyl sites for hydroxylation is 2. The Balaban J connectivity index is 2.35. The summed E-state index contributed by atoms with van der Waals surface area (Å²) in [7, 11) is 0. The average Bonchev–Trinajstić information content (AvgIpc) is 2.81. The number of hydroxylamine groups is 1. The van der Waals surface area contributed by atoms with Gasteiger partial charge < -0.3 is 5.32 Å².